The topological polar surface area (TPSA) is 42.0 Å². The third-order valence-corrected chi connectivity index (χ3v) is 3.62. The molecule has 0 saturated carbocycles. The van der Waals surface area contributed by atoms with Gasteiger partial charge in [-0.3, -0.25) is 0 Å². The Morgan fingerprint density at radius 3 is 2.18 bits per heavy atom. The van der Waals surface area contributed by atoms with Crippen LogP contribution in [0.4, 0.5) is 0 Å². The zero-order valence-corrected chi connectivity index (χ0v) is 14.2. The normalized spacial score (nSPS) is 19.2. The minimum atomic E-state index is 0.00231. The second-order valence-electron chi connectivity index (χ2n) is 5.70. The number of hydrogen-bond acceptors (Lipinski definition) is 3. The lowest BCUT2D eigenvalue weighted by Crippen LogP contribution is -2.03. The van der Waals surface area contributed by atoms with Crippen LogP contribution in [-0.2, 0) is 4.74 Å². The van der Waals surface area contributed by atoms with E-state index < -0.39 is 0 Å². The summed E-state index contributed by atoms with van der Waals surface area (Å²) in [5, 5.41) is 7.57. The van der Waals surface area contributed by atoms with Crippen LogP contribution in [0.3, 0.4) is 0 Å². The third kappa shape index (κ3) is 9.06. The van der Waals surface area contributed by atoms with Crippen molar-refractivity contribution >= 4 is 0 Å². The van der Waals surface area contributed by atoms with Gasteiger partial charge in [-0.1, -0.05) is 70.1 Å². The highest BCUT2D eigenvalue weighted by Crippen LogP contribution is 2.30. The average molecular weight is 308 g/mol. The lowest BCUT2D eigenvalue weighted by Gasteiger charge is -2.02. The maximum atomic E-state index is 7.57. The molecule has 1 aliphatic heterocycles. The minimum absolute atomic E-state index is 0.00231. The third-order valence-electron chi connectivity index (χ3n) is 3.62. The van der Waals surface area contributed by atoms with E-state index in [0.29, 0.717) is 6.10 Å². The van der Waals surface area contributed by atoms with Crippen LogP contribution in [0.5, 0.6) is 5.75 Å². The number of benzene rings is 1. The molecular weight excluding hydrogens is 276 g/mol. The number of epoxide rings is 1. The Bertz CT molecular complexity index is 353. The molecular formula is C19H32O3. The summed E-state index contributed by atoms with van der Waals surface area (Å²) in [5.41, 5.74) is 0. The van der Waals surface area contributed by atoms with Crippen molar-refractivity contribution in [3.8, 4) is 5.75 Å². The lowest BCUT2D eigenvalue weighted by molar-refractivity contribution is 0.178. The van der Waals surface area contributed by atoms with Crippen LogP contribution >= 0.6 is 0 Å². The van der Waals surface area contributed by atoms with Crippen LogP contribution in [0.25, 0.3) is 0 Å². The molecule has 22 heavy (non-hydrogen) atoms. The van der Waals surface area contributed by atoms with Gasteiger partial charge in [0.25, 0.3) is 0 Å². The van der Waals surface area contributed by atoms with Gasteiger partial charge in [-0.25, -0.2) is 0 Å². The molecule has 3 heteroatoms. The van der Waals surface area contributed by atoms with Crippen molar-refractivity contribution in [3.05, 3.63) is 30.3 Å². The fourth-order valence-corrected chi connectivity index (χ4v) is 2.37. The van der Waals surface area contributed by atoms with Crippen LogP contribution < -0.4 is 4.74 Å². The van der Waals surface area contributed by atoms with E-state index in [0.717, 1.165) is 12.2 Å². The molecule has 0 amide bonds. The van der Waals surface area contributed by atoms with E-state index in [9.17, 15) is 0 Å². The molecule has 2 rings (SSSR count). The van der Waals surface area contributed by atoms with E-state index >= 15 is 0 Å². The molecule has 0 aliphatic carbocycles. The summed E-state index contributed by atoms with van der Waals surface area (Å²) in [5.74, 6) is 0.912. The van der Waals surface area contributed by atoms with Gasteiger partial charge in [0, 0.05) is 6.61 Å². The first kappa shape index (κ1) is 19.0. The Balaban J connectivity index is 0.000000745. The zero-order chi connectivity index (χ0) is 16.0. The van der Waals surface area contributed by atoms with Gasteiger partial charge < -0.3 is 14.6 Å². The molecule has 1 aliphatic rings. The summed E-state index contributed by atoms with van der Waals surface area (Å²) >= 11 is 0. The van der Waals surface area contributed by atoms with E-state index in [1.807, 2.05) is 30.3 Å². The highest BCUT2D eigenvalue weighted by atomic mass is 16.8. The highest BCUT2D eigenvalue weighted by molar-refractivity contribution is 5.21. The second kappa shape index (κ2) is 12.5. The Labute approximate surface area is 135 Å². The van der Waals surface area contributed by atoms with Gasteiger partial charge in [0.15, 0.2) is 0 Å². The number of aliphatic hydroxyl groups excluding tert-OH is 1. The first-order valence-electron chi connectivity index (χ1n) is 8.79. The molecule has 1 N–H and O–H groups in total. The molecule has 2 atom stereocenters. The van der Waals surface area contributed by atoms with E-state index in [-0.39, 0.29) is 12.9 Å². The van der Waals surface area contributed by atoms with Crippen LogP contribution in [0.15, 0.2) is 30.3 Å². The van der Waals surface area contributed by atoms with E-state index in [1.54, 1.807) is 6.92 Å². The molecule has 1 fully saturated rings. The number of hydrogen-bond donors (Lipinski definition) is 1. The number of rotatable bonds is 10. The summed E-state index contributed by atoms with van der Waals surface area (Å²) in [6.07, 6.45) is 11.0. The van der Waals surface area contributed by atoms with Crippen molar-refractivity contribution in [2.45, 2.75) is 77.6 Å². The molecule has 1 heterocycles. The Kier molecular flexibility index (Phi) is 10.8. The first-order valence-corrected chi connectivity index (χ1v) is 8.79. The fraction of sp³-hybridized carbons (Fsp3) is 0.684. The standard InChI is InChI=1S/C17H26O2.C2H6O/c1-2-3-4-5-6-7-11-14-16-17(19-16)18-15-12-9-8-10-13-15;1-2-3/h8-10,12-13,16-17H,2-7,11,14H2,1H3;3H,2H2,1H3. The molecule has 126 valence electrons. The Morgan fingerprint density at radius 2 is 1.55 bits per heavy atom. The molecule has 0 aromatic heterocycles. The van der Waals surface area contributed by atoms with Crippen molar-refractivity contribution in [1.29, 1.82) is 0 Å². The van der Waals surface area contributed by atoms with Crippen LogP contribution in [0, 0.1) is 0 Å². The predicted molar refractivity (Wildman–Crippen MR) is 91.1 cm³/mol. The van der Waals surface area contributed by atoms with Crippen LogP contribution in [-0.4, -0.2) is 24.1 Å². The SMILES string of the molecule is CCCCCCCCCC1OC1Oc1ccccc1.CCO. The van der Waals surface area contributed by atoms with Gasteiger partial charge in [-0.2, -0.15) is 0 Å². The van der Waals surface area contributed by atoms with Crippen LogP contribution in [0.1, 0.15) is 65.2 Å². The summed E-state index contributed by atoms with van der Waals surface area (Å²) in [6.45, 7) is 4.19. The molecule has 3 nitrogen and oxygen atoms in total. The number of unbranched alkanes of at least 4 members (excludes halogenated alkanes) is 6. The molecule has 1 aromatic carbocycles. The van der Waals surface area contributed by atoms with Crippen molar-refractivity contribution in [2.24, 2.45) is 0 Å². The van der Waals surface area contributed by atoms with Gasteiger partial charge in [0.1, 0.15) is 11.9 Å². The van der Waals surface area contributed by atoms with Gasteiger partial charge in [-0.15, -0.1) is 0 Å². The maximum Gasteiger partial charge on any atom is 0.227 e. The highest BCUT2D eigenvalue weighted by Gasteiger charge is 2.40. The van der Waals surface area contributed by atoms with Crippen molar-refractivity contribution < 1.29 is 14.6 Å². The molecule has 0 radical (unpaired) electrons. The molecule has 2 unspecified atom stereocenters. The quantitative estimate of drug-likeness (QED) is 0.492. The monoisotopic (exact) mass is 308 g/mol. The zero-order valence-electron chi connectivity index (χ0n) is 14.2. The van der Waals surface area contributed by atoms with Crippen molar-refractivity contribution in [1.82, 2.24) is 0 Å². The number of para-hydroxylation sites is 1. The molecule has 0 bridgehead atoms. The maximum absolute atomic E-state index is 7.57. The summed E-state index contributed by atoms with van der Waals surface area (Å²) in [6, 6.07) is 9.93. The van der Waals surface area contributed by atoms with Gasteiger partial charge in [0.2, 0.25) is 6.29 Å². The summed E-state index contributed by atoms with van der Waals surface area (Å²) < 4.78 is 11.3. The first-order chi connectivity index (χ1) is 10.8. The second-order valence-corrected chi connectivity index (χ2v) is 5.70. The molecule has 1 saturated heterocycles. The lowest BCUT2D eigenvalue weighted by atomic mass is 10.1. The summed E-state index contributed by atoms with van der Waals surface area (Å²) in [4.78, 5) is 0. The minimum Gasteiger partial charge on any atom is -0.462 e. The Morgan fingerprint density at radius 1 is 0.955 bits per heavy atom. The largest absolute Gasteiger partial charge is 0.462 e. The Hall–Kier alpha value is -1.06. The van der Waals surface area contributed by atoms with Crippen molar-refractivity contribution in [3.63, 3.8) is 0 Å². The van der Waals surface area contributed by atoms with E-state index in [4.69, 9.17) is 14.6 Å². The van der Waals surface area contributed by atoms with E-state index in [1.165, 1.54) is 44.9 Å². The fourth-order valence-electron chi connectivity index (χ4n) is 2.37. The van der Waals surface area contributed by atoms with E-state index in [2.05, 4.69) is 6.92 Å². The van der Waals surface area contributed by atoms with Gasteiger partial charge in [-0.05, 0) is 25.5 Å². The number of ether oxygens (including phenoxy) is 2. The number of aliphatic hydroxyl groups is 1. The van der Waals surface area contributed by atoms with Crippen LogP contribution in [0.2, 0.25) is 0 Å². The molecule has 0 spiro atoms. The smallest absolute Gasteiger partial charge is 0.227 e. The predicted octanol–water partition coefficient (Wildman–Crippen LogP) is 4.93. The van der Waals surface area contributed by atoms with Gasteiger partial charge >= 0.3 is 0 Å². The summed E-state index contributed by atoms with van der Waals surface area (Å²) in [7, 11) is 0. The van der Waals surface area contributed by atoms with Gasteiger partial charge in [0.05, 0.1) is 0 Å². The average Bonchev–Trinajstić information content (AvgIpc) is 3.26. The van der Waals surface area contributed by atoms with Crippen molar-refractivity contribution in [2.75, 3.05) is 6.61 Å². The molecule has 1 aromatic rings.